The lowest BCUT2D eigenvalue weighted by Gasteiger charge is -2.44. The van der Waals surface area contributed by atoms with Crippen molar-refractivity contribution in [2.45, 2.75) is 0 Å². The molecule has 458 valence electrons. The number of ether oxygens (including phenoxy) is 2. The van der Waals surface area contributed by atoms with Crippen LogP contribution in [0.2, 0.25) is 0 Å². The van der Waals surface area contributed by atoms with E-state index >= 15 is 0 Å². The molecule has 0 saturated heterocycles. The van der Waals surface area contributed by atoms with Gasteiger partial charge in [0.05, 0.1) is 16.9 Å². The van der Waals surface area contributed by atoms with Gasteiger partial charge in [0.1, 0.15) is 23.0 Å². The minimum absolute atomic E-state index is 0.322. The number of nitrogens with zero attached hydrogens (tertiary/aromatic N) is 4. The molecule has 0 unspecified atom stereocenters. The zero-order valence-corrected chi connectivity index (χ0v) is 53.4. The van der Waals surface area contributed by atoms with E-state index in [4.69, 9.17) is 9.47 Å². The molecule has 15 aromatic carbocycles. The van der Waals surface area contributed by atoms with Gasteiger partial charge in [-0.15, -0.1) is 0 Å². The van der Waals surface area contributed by atoms with Gasteiger partial charge >= 0.3 is 0 Å². The van der Waals surface area contributed by atoms with Crippen molar-refractivity contribution >= 4 is 114 Å². The second-order valence-electron chi connectivity index (χ2n) is 25.4. The van der Waals surface area contributed by atoms with Crippen molar-refractivity contribution in [1.29, 1.82) is 0 Å². The summed E-state index contributed by atoms with van der Waals surface area (Å²) in [4.78, 5) is 9.61. The van der Waals surface area contributed by atoms with Crippen LogP contribution in [0.3, 0.4) is 0 Å². The molecule has 0 fully saturated rings. The zero-order valence-electron chi connectivity index (χ0n) is 53.4. The summed E-state index contributed by atoms with van der Waals surface area (Å²) in [6, 6.07) is 132. The van der Waals surface area contributed by atoms with Crippen LogP contribution in [-0.4, -0.2) is 13.4 Å². The van der Waals surface area contributed by atoms with E-state index in [-0.39, 0.29) is 13.4 Å². The molecule has 0 N–H and O–H groups in total. The van der Waals surface area contributed by atoms with Gasteiger partial charge in [0, 0.05) is 74.6 Å². The zero-order chi connectivity index (χ0) is 64.6. The van der Waals surface area contributed by atoms with E-state index in [2.05, 4.69) is 384 Å². The van der Waals surface area contributed by atoms with Gasteiger partial charge in [0.2, 0.25) is 0 Å². The van der Waals surface area contributed by atoms with Crippen molar-refractivity contribution in [3.8, 4) is 67.5 Å². The van der Waals surface area contributed by atoms with Gasteiger partial charge in [0.15, 0.2) is 0 Å². The van der Waals surface area contributed by atoms with Crippen LogP contribution in [0.5, 0.6) is 23.0 Å². The lowest BCUT2D eigenvalue weighted by Crippen LogP contribution is -2.63. The average molecular weight is 1250 g/mol. The summed E-state index contributed by atoms with van der Waals surface area (Å²) in [5.41, 5.74) is 27.3. The van der Waals surface area contributed by atoms with Gasteiger partial charge in [-0.1, -0.05) is 243 Å². The molecule has 0 bridgehead atoms. The minimum Gasteiger partial charge on any atom is -0.457 e. The maximum Gasteiger partial charge on any atom is 0.256 e. The molecular formula is C90H60B2N4O2. The first kappa shape index (κ1) is 56.7. The summed E-state index contributed by atoms with van der Waals surface area (Å²) in [5.74, 6) is 3.00. The number of hydrogen-bond donors (Lipinski definition) is 0. The molecule has 0 radical (unpaired) electrons. The fraction of sp³-hybridized carbons (Fsp3) is 0. The smallest absolute Gasteiger partial charge is 0.256 e. The first-order valence-corrected chi connectivity index (χ1v) is 33.6. The Bertz CT molecular complexity index is 5130. The SMILES string of the molecule is c1ccc(-c2cc(-c3ccccc3)c(-c3c4c(cc5c3Oc3cc(N(c6ccccc6)c6ccccc6)cc6c3B5c3ccccc3N6c3ccccc3)B3c5ccccc5N(c5ccccc5)c5cc(N(c6ccccc6)c6ccccc6)cc(c53)O4)c(-c3ccccc3)c2)cc1. The van der Waals surface area contributed by atoms with Crippen LogP contribution in [0.15, 0.2) is 364 Å². The fourth-order valence-corrected chi connectivity index (χ4v) is 15.8. The molecular weight excluding hydrogens is 1190 g/mol. The first-order valence-electron chi connectivity index (χ1n) is 33.6. The van der Waals surface area contributed by atoms with E-state index in [0.717, 1.165) is 158 Å². The van der Waals surface area contributed by atoms with Crippen LogP contribution in [0.4, 0.5) is 68.2 Å². The molecule has 6 nitrogen and oxygen atoms in total. The van der Waals surface area contributed by atoms with Crippen molar-refractivity contribution < 1.29 is 9.47 Å². The number of benzene rings is 15. The topological polar surface area (TPSA) is 31.4 Å². The molecule has 0 saturated carbocycles. The Morgan fingerprint density at radius 2 is 0.551 bits per heavy atom. The highest BCUT2D eigenvalue weighted by molar-refractivity contribution is 7.02. The molecule has 4 aliphatic heterocycles. The van der Waals surface area contributed by atoms with E-state index in [0.29, 0.717) is 0 Å². The van der Waals surface area contributed by atoms with Gasteiger partial charge in [-0.3, -0.25) is 0 Å². The summed E-state index contributed by atoms with van der Waals surface area (Å²) < 4.78 is 16.6. The Hall–Kier alpha value is -12.8. The molecule has 0 aromatic heterocycles. The molecule has 4 aliphatic rings. The number of fused-ring (bicyclic) bond motifs is 8. The molecule has 0 aliphatic carbocycles. The average Bonchev–Trinajstić information content (AvgIpc) is 0.687. The molecule has 98 heavy (non-hydrogen) atoms. The van der Waals surface area contributed by atoms with Crippen LogP contribution < -0.4 is 61.9 Å². The van der Waals surface area contributed by atoms with E-state index in [1.807, 2.05) is 0 Å². The maximum absolute atomic E-state index is 8.30. The summed E-state index contributed by atoms with van der Waals surface area (Å²) >= 11 is 0. The predicted molar refractivity (Wildman–Crippen MR) is 409 cm³/mol. The molecule has 0 atom stereocenters. The van der Waals surface area contributed by atoms with E-state index in [1.165, 1.54) is 10.9 Å². The first-order chi connectivity index (χ1) is 48.7. The Balaban J connectivity index is 0.971. The molecule has 8 heteroatoms. The van der Waals surface area contributed by atoms with E-state index < -0.39 is 0 Å². The van der Waals surface area contributed by atoms with Crippen LogP contribution in [0.25, 0.3) is 44.5 Å². The quantitative estimate of drug-likeness (QED) is 0.113. The van der Waals surface area contributed by atoms with Crippen LogP contribution in [0.1, 0.15) is 0 Å². The monoisotopic (exact) mass is 1250 g/mol. The Morgan fingerprint density at radius 1 is 0.235 bits per heavy atom. The van der Waals surface area contributed by atoms with Crippen LogP contribution in [0, 0.1) is 0 Å². The summed E-state index contributed by atoms with van der Waals surface area (Å²) in [6.45, 7) is -0.644. The Labute approximate surface area is 571 Å². The Morgan fingerprint density at radius 3 is 0.918 bits per heavy atom. The minimum atomic E-state index is -0.322. The molecule has 0 amide bonds. The lowest BCUT2D eigenvalue weighted by molar-refractivity contribution is 0.469. The summed E-state index contributed by atoms with van der Waals surface area (Å²) in [7, 11) is 0. The molecule has 4 heterocycles. The van der Waals surface area contributed by atoms with Crippen molar-refractivity contribution in [3.63, 3.8) is 0 Å². The van der Waals surface area contributed by atoms with Crippen molar-refractivity contribution in [2.75, 3.05) is 19.6 Å². The van der Waals surface area contributed by atoms with Crippen molar-refractivity contribution in [1.82, 2.24) is 0 Å². The number of anilines is 12. The highest BCUT2D eigenvalue weighted by Crippen LogP contribution is 2.56. The van der Waals surface area contributed by atoms with E-state index in [1.54, 1.807) is 0 Å². The number of para-hydroxylation sites is 8. The van der Waals surface area contributed by atoms with Crippen molar-refractivity contribution in [3.05, 3.63) is 364 Å². The third-order valence-electron chi connectivity index (χ3n) is 19.8. The summed E-state index contributed by atoms with van der Waals surface area (Å²) in [5, 5.41) is 0. The second-order valence-corrected chi connectivity index (χ2v) is 25.4. The van der Waals surface area contributed by atoms with Gasteiger partial charge < -0.3 is 29.1 Å². The summed E-state index contributed by atoms with van der Waals surface area (Å²) in [6.07, 6.45) is 0. The van der Waals surface area contributed by atoms with Gasteiger partial charge in [0.25, 0.3) is 13.4 Å². The maximum atomic E-state index is 8.30. The van der Waals surface area contributed by atoms with Crippen LogP contribution >= 0.6 is 0 Å². The predicted octanol–water partition coefficient (Wildman–Crippen LogP) is 20.1. The normalized spacial score (nSPS) is 12.6. The number of rotatable bonds is 12. The molecule has 15 aromatic rings. The molecule has 0 spiro atoms. The fourth-order valence-electron chi connectivity index (χ4n) is 15.8. The van der Waals surface area contributed by atoms with Gasteiger partial charge in [-0.25, -0.2) is 0 Å². The third kappa shape index (κ3) is 9.36. The molecule has 19 rings (SSSR count). The van der Waals surface area contributed by atoms with E-state index in [9.17, 15) is 0 Å². The van der Waals surface area contributed by atoms with Gasteiger partial charge in [-0.2, -0.15) is 0 Å². The highest BCUT2D eigenvalue weighted by atomic mass is 16.5. The largest absolute Gasteiger partial charge is 0.457 e. The van der Waals surface area contributed by atoms with Crippen molar-refractivity contribution in [2.24, 2.45) is 0 Å². The standard InChI is InChI=1S/C90H60B2N4O2/c1-10-32-61(33-11-1)64-54-73(62-34-12-2-13-35-62)85(74(55-64)63-36-14-3-15-37-63)86-89-77(91-75-50-28-30-52-79(75)95(69-46-24-8-25-47-69)81-56-71(58-83(97-89)87(81)91)93(65-38-16-4-17-39-65)66-40-18-5-19-41-66)60-78-90(86)98-84-59-72(94(67-42-20-6-21-43-67)68-44-22-7-23-45-68)57-82-88(84)92(78)76-51-29-31-53-80(76)96(82)70-48-26-9-27-49-70/h1-60H. The second kappa shape index (κ2) is 23.6. The third-order valence-corrected chi connectivity index (χ3v) is 19.8. The Kier molecular flexibility index (Phi) is 13.7. The van der Waals surface area contributed by atoms with Crippen LogP contribution in [-0.2, 0) is 0 Å². The lowest BCUT2D eigenvalue weighted by atomic mass is 9.30. The number of hydrogen-bond acceptors (Lipinski definition) is 6. The van der Waals surface area contributed by atoms with Gasteiger partial charge in [-0.05, 0) is 175 Å². The highest BCUT2D eigenvalue weighted by Gasteiger charge is 2.49.